The third-order valence-corrected chi connectivity index (χ3v) is 1.73. The molecule has 1 unspecified atom stereocenters. The van der Waals surface area contributed by atoms with Crippen molar-refractivity contribution in [3.8, 4) is 0 Å². The van der Waals surface area contributed by atoms with Gasteiger partial charge in [-0.3, -0.25) is 9.59 Å². The first-order valence-electron chi connectivity index (χ1n) is 4.51. The second kappa shape index (κ2) is 5.70. The summed E-state index contributed by atoms with van der Waals surface area (Å²) in [4.78, 5) is 22.1. The van der Waals surface area contributed by atoms with E-state index in [1.807, 2.05) is 13.8 Å². The largest absolute Gasteiger partial charge is 0.354 e. The van der Waals surface area contributed by atoms with Gasteiger partial charge in [-0.1, -0.05) is 13.8 Å². The summed E-state index contributed by atoms with van der Waals surface area (Å²) in [6.45, 7) is 5.68. The average Bonchev–Trinajstić information content (AvgIpc) is 2.03. The summed E-state index contributed by atoms with van der Waals surface area (Å²) < 4.78 is 0. The molecule has 0 aliphatic rings. The molecule has 1 atom stereocenters. The lowest BCUT2D eigenvalue weighted by Crippen LogP contribution is -2.39. The fraction of sp³-hybridized carbons (Fsp3) is 0.778. The molecule has 0 rings (SSSR count). The maximum Gasteiger partial charge on any atom is 0.236 e. The van der Waals surface area contributed by atoms with E-state index in [2.05, 4.69) is 5.32 Å². The first-order valence-corrected chi connectivity index (χ1v) is 4.51. The Morgan fingerprint density at radius 3 is 2.23 bits per heavy atom. The molecule has 0 spiro atoms. The van der Waals surface area contributed by atoms with Crippen molar-refractivity contribution in [3.63, 3.8) is 0 Å². The quantitative estimate of drug-likeness (QED) is 0.638. The molecule has 0 aromatic rings. The van der Waals surface area contributed by atoms with E-state index in [0.717, 1.165) is 0 Å². The van der Waals surface area contributed by atoms with Crippen molar-refractivity contribution in [2.75, 3.05) is 6.54 Å². The Labute approximate surface area is 78.9 Å². The molecule has 0 saturated carbocycles. The summed E-state index contributed by atoms with van der Waals surface area (Å²) in [7, 11) is 0. The number of rotatable bonds is 5. The van der Waals surface area contributed by atoms with Crippen LogP contribution in [0.15, 0.2) is 0 Å². The molecule has 3 N–H and O–H groups in total. The van der Waals surface area contributed by atoms with Gasteiger partial charge in [-0.05, 0) is 6.92 Å². The van der Waals surface area contributed by atoms with E-state index in [9.17, 15) is 9.59 Å². The Morgan fingerprint density at radius 1 is 1.31 bits per heavy atom. The predicted molar refractivity (Wildman–Crippen MR) is 51.1 cm³/mol. The number of amides is 1. The molecule has 13 heavy (non-hydrogen) atoms. The molecular weight excluding hydrogens is 168 g/mol. The molecule has 0 aromatic carbocycles. The Morgan fingerprint density at radius 2 is 1.85 bits per heavy atom. The van der Waals surface area contributed by atoms with Crippen molar-refractivity contribution in [2.45, 2.75) is 33.2 Å². The highest BCUT2D eigenvalue weighted by Crippen LogP contribution is 1.96. The normalized spacial score (nSPS) is 12.7. The minimum absolute atomic E-state index is 0.0344. The molecule has 0 aromatic heterocycles. The van der Waals surface area contributed by atoms with Crippen molar-refractivity contribution in [1.29, 1.82) is 0 Å². The van der Waals surface area contributed by atoms with Crippen LogP contribution >= 0.6 is 0 Å². The van der Waals surface area contributed by atoms with Crippen molar-refractivity contribution in [3.05, 3.63) is 0 Å². The highest BCUT2D eigenvalue weighted by molar-refractivity contribution is 5.83. The van der Waals surface area contributed by atoms with Crippen molar-refractivity contribution < 1.29 is 9.59 Å². The van der Waals surface area contributed by atoms with Crippen molar-refractivity contribution in [1.82, 2.24) is 5.32 Å². The molecule has 0 aliphatic heterocycles. The van der Waals surface area contributed by atoms with Crippen LogP contribution < -0.4 is 11.1 Å². The number of carbonyl (C=O) groups is 2. The average molecular weight is 186 g/mol. The Bertz CT molecular complexity index is 168. The first kappa shape index (κ1) is 12.1. The second-order valence-corrected chi connectivity index (χ2v) is 3.45. The van der Waals surface area contributed by atoms with Crippen LogP contribution in [0.1, 0.15) is 27.2 Å². The Hall–Kier alpha value is -0.900. The van der Waals surface area contributed by atoms with Gasteiger partial charge in [0, 0.05) is 18.9 Å². The van der Waals surface area contributed by atoms with E-state index < -0.39 is 6.04 Å². The van der Waals surface area contributed by atoms with Crippen LogP contribution in [0, 0.1) is 5.92 Å². The second-order valence-electron chi connectivity index (χ2n) is 3.45. The fourth-order valence-corrected chi connectivity index (χ4v) is 0.759. The van der Waals surface area contributed by atoms with Crippen LogP contribution in [0.5, 0.6) is 0 Å². The molecule has 0 saturated heterocycles. The molecule has 0 radical (unpaired) electrons. The molecule has 1 amide bonds. The molecule has 0 heterocycles. The third kappa shape index (κ3) is 5.36. The Balaban J connectivity index is 3.57. The number of nitrogens with one attached hydrogen (secondary N) is 1. The molecule has 4 nitrogen and oxygen atoms in total. The van der Waals surface area contributed by atoms with Gasteiger partial charge in [0.15, 0.2) is 0 Å². The maximum atomic E-state index is 11.1. The Kier molecular flexibility index (Phi) is 5.30. The van der Waals surface area contributed by atoms with Gasteiger partial charge >= 0.3 is 0 Å². The molecule has 0 fully saturated rings. The lowest BCUT2D eigenvalue weighted by molar-refractivity contribution is -0.123. The van der Waals surface area contributed by atoms with Gasteiger partial charge in [-0.25, -0.2) is 0 Å². The van der Waals surface area contributed by atoms with Gasteiger partial charge in [0.2, 0.25) is 5.91 Å². The van der Waals surface area contributed by atoms with Gasteiger partial charge in [0.1, 0.15) is 5.78 Å². The summed E-state index contributed by atoms with van der Waals surface area (Å²) in [6, 6.07) is -0.505. The summed E-state index contributed by atoms with van der Waals surface area (Å²) >= 11 is 0. The highest BCUT2D eigenvalue weighted by atomic mass is 16.2. The van der Waals surface area contributed by atoms with Crippen LogP contribution in [-0.2, 0) is 9.59 Å². The lowest BCUT2D eigenvalue weighted by Gasteiger charge is -2.07. The number of Topliss-reactive ketones (excluding diaryl/α,β-unsaturated/α-hetero) is 1. The highest BCUT2D eigenvalue weighted by Gasteiger charge is 2.09. The van der Waals surface area contributed by atoms with Crippen LogP contribution in [0.3, 0.4) is 0 Å². The van der Waals surface area contributed by atoms with E-state index in [-0.39, 0.29) is 17.6 Å². The zero-order valence-electron chi connectivity index (χ0n) is 8.46. The fourth-order valence-electron chi connectivity index (χ4n) is 0.759. The van der Waals surface area contributed by atoms with E-state index in [1.165, 1.54) is 0 Å². The van der Waals surface area contributed by atoms with Crippen molar-refractivity contribution in [2.24, 2.45) is 11.7 Å². The summed E-state index contributed by atoms with van der Waals surface area (Å²) in [6.07, 6.45) is 0.385. The number of hydrogen-bond donors (Lipinski definition) is 2. The van der Waals surface area contributed by atoms with Gasteiger partial charge in [0.25, 0.3) is 0 Å². The third-order valence-electron chi connectivity index (χ3n) is 1.73. The summed E-state index contributed by atoms with van der Waals surface area (Å²) in [5, 5.41) is 2.58. The molecule has 4 heteroatoms. The van der Waals surface area contributed by atoms with Gasteiger partial charge < -0.3 is 11.1 Å². The first-order chi connectivity index (χ1) is 5.95. The summed E-state index contributed by atoms with van der Waals surface area (Å²) in [5.74, 6) is -0.0197. The molecule has 0 bridgehead atoms. The standard InChI is InChI=1S/C9H18N2O2/c1-6(2)8(12)4-5-11-9(13)7(3)10/h6-7H,4-5,10H2,1-3H3,(H,11,13). The zero-order valence-corrected chi connectivity index (χ0v) is 8.46. The van der Waals surface area contributed by atoms with Crippen LogP contribution in [0.25, 0.3) is 0 Å². The zero-order chi connectivity index (χ0) is 10.4. The number of carbonyl (C=O) groups excluding carboxylic acids is 2. The van der Waals surface area contributed by atoms with Crippen LogP contribution in [0.4, 0.5) is 0 Å². The lowest BCUT2D eigenvalue weighted by atomic mass is 10.1. The van der Waals surface area contributed by atoms with Crippen LogP contribution in [-0.4, -0.2) is 24.3 Å². The number of ketones is 1. The van der Waals surface area contributed by atoms with Crippen molar-refractivity contribution >= 4 is 11.7 Å². The molecular formula is C9H18N2O2. The van der Waals surface area contributed by atoms with E-state index in [0.29, 0.717) is 13.0 Å². The van der Waals surface area contributed by atoms with Gasteiger partial charge in [-0.15, -0.1) is 0 Å². The van der Waals surface area contributed by atoms with E-state index in [4.69, 9.17) is 5.73 Å². The predicted octanol–water partition coefficient (Wildman–Crippen LogP) is 0.0650. The minimum Gasteiger partial charge on any atom is -0.354 e. The topological polar surface area (TPSA) is 72.2 Å². The number of hydrogen-bond acceptors (Lipinski definition) is 3. The van der Waals surface area contributed by atoms with E-state index >= 15 is 0 Å². The van der Waals surface area contributed by atoms with Crippen LogP contribution in [0.2, 0.25) is 0 Å². The van der Waals surface area contributed by atoms with Gasteiger partial charge in [-0.2, -0.15) is 0 Å². The molecule has 0 aliphatic carbocycles. The monoisotopic (exact) mass is 186 g/mol. The molecule has 76 valence electrons. The maximum absolute atomic E-state index is 11.1. The summed E-state index contributed by atoms with van der Waals surface area (Å²) in [5.41, 5.74) is 5.32. The number of nitrogens with two attached hydrogens (primary N) is 1. The smallest absolute Gasteiger partial charge is 0.236 e. The van der Waals surface area contributed by atoms with E-state index in [1.54, 1.807) is 6.92 Å². The SMILES string of the molecule is CC(C)C(=O)CCNC(=O)C(C)N. The minimum atomic E-state index is -0.505. The van der Waals surface area contributed by atoms with Gasteiger partial charge in [0.05, 0.1) is 6.04 Å².